The molecule has 0 heterocycles. The van der Waals surface area contributed by atoms with E-state index in [-0.39, 0.29) is 11.8 Å². The molecule has 4 atom stereocenters. The summed E-state index contributed by atoms with van der Waals surface area (Å²) < 4.78 is 14.2. The third-order valence-electron chi connectivity index (χ3n) is 3.97. The summed E-state index contributed by atoms with van der Waals surface area (Å²) in [7, 11) is 3.85. The molecule has 2 bridgehead atoms. The number of carbonyl (C=O) groups excluding carboxylic acids is 3. The van der Waals surface area contributed by atoms with E-state index in [1.54, 1.807) is 6.08 Å². The SMILES string of the molecule is COC(=O)C1=C[C@H]2C[C@@H]1[C@@H](C(=O)OC)[C@H]2C(=O)OC. The summed E-state index contributed by atoms with van der Waals surface area (Å²) in [6.45, 7) is 0. The van der Waals surface area contributed by atoms with Gasteiger partial charge in [-0.05, 0) is 12.3 Å². The van der Waals surface area contributed by atoms with E-state index in [1.807, 2.05) is 0 Å². The maximum atomic E-state index is 11.9. The van der Waals surface area contributed by atoms with Crippen molar-refractivity contribution in [2.45, 2.75) is 6.42 Å². The topological polar surface area (TPSA) is 78.9 Å². The Labute approximate surface area is 110 Å². The second kappa shape index (κ2) is 5.03. The van der Waals surface area contributed by atoms with Crippen LogP contribution in [-0.2, 0) is 28.6 Å². The van der Waals surface area contributed by atoms with E-state index in [2.05, 4.69) is 0 Å². The number of hydrogen-bond donors (Lipinski definition) is 0. The van der Waals surface area contributed by atoms with Gasteiger partial charge >= 0.3 is 17.9 Å². The summed E-state index contributed by atoms with van der Waals surface area (Å²) in [6, 6.07) is 0. The zero-order chi connectivity index (χ0) is 14.2. The third-order valence-corrected chi connectivity index (χ3v) is 3.97. The van der Waals surface area contributed by atoms with E-state index in [4.69, 9.17) is 14.2 Å². The molecule has 6 heteroatoms. The summed E-state index contributed by atoms with van der Waals surface area (Å²) in [5.74, 6) is -3.12. The zero-order valence-electron chi connectivity index (χ0n) is 11.0. The molecule has 0 unspecified atom stereocenters. The Balaban J connectivity index is 2.34. The second-order valence-electron chi connectivity index (χ2n) is 4.72. The number of hydrogen-bond acceptors (Lipinski definition) is 6. The van der Waals surface area contributed by atoms with E-state index in [0.29, 0.717) is 12.0 Å². The molecule has 0 saturated heterocycles. The standard InChI is InChI=1S/C13H16O6/c1-17-11(14)8-5-6-4-7(8)10(13(16)19-3)9(6)12(15)18-2/h5-7,9-10H,4H2,1-3H3/t6-,7+,9+,10-/m1/s1. The number of fused-ring (bicyclic) bond motifs is 2. The molecule has 1 fully saturated rings. The fourth-order valence-electron chi connectivity index (χ4n) is 3.19. The highest BCUT2D eigenvalue weighted by molar-refractivity contribution is 5.94. The van der Waals surface area contributed by atoms with E-state index < -0.39 is 29.7 Å². The van der Waals surface area contributed by atoms with Gasteiger partial charge in [-0.2, -0.15) is 0 Å². The second-order valence-corrected chi connectivity index (χ2v) is 4.72. The normalized spacial score (nSPS) is 31.6. The molecule has 0 N–H and O–H groups in total. The minimum absolute atomic E-state index is 0.171. The number of allylic oxidation sites excluding steroid dienone is 1. The first kappa shape index (κ1) is 13.6. The molecule has 0 spiro atoms. The lowest BCUT2D eigenvalue weighted by Crippen LogP contribution is -2.37. The highest BCUT2D eigenvalue weighted by atomic mass is 16.5. The Morgan fingerprint density at radius 1 is 1.00 bits per heavy atom. The Morgan fingerprint density at radius 2 is 1.58 bits per heavy atom. The lowest BCUT2D eigenvalue weighted by molar-refractivity contribution is -0.158. The summed E-state index contributed by atoms with van der Waals surface area (Å²) in [4.78, 5) is 35.3. The lowest BCUT2D eigenvalue weighted by atomic mass is 9.79. The molecule has 0 aromatic heterocycles. The van der Waals surface area contributed by atoms with Crippen LogP contribution in [0.3, 0.4) is 0 Å². The average Bonchev–Trinajstić information content (AvgIpc) is 3.02. The van der Waals surface area contributed by atoms with Crippen LogP contribution in [0, 0.1) is 23.7 Å². The van der Waals surface area contributed by atoms with Crippen molar-refractivity contribution in [1.82, 2.24) is 0 Å². The molecular formula is C13H16O6. The van der Waals surface area contributed by atoms with Crippen LogP contribution in [0.2, 0.25) is 0 Å². The van der Waals surface area contributed by atoms with E-state index in [9.17, 15) is 14.4 Å². The van der Waals surface area contributed by atoms with Gasteiger partial charge in [-0.1, -0.05) is 6.08 Å². The molecule has 0 amide bonds. The van der Waals surface area contributed by atoms with Crippen LogP contribution < -0.4 is 0 Å². The number of ether oxygens (including phenoxy) is 3. The van der Waals surface area contributed by atoms with Gasteiger partial charge in [-0.25, -0.2) is 4.79 Å². The maximum Gasteiger partial charge on any atom is 0.333 e. The van der Waals surface area contributed by atoms with Gasteiger partial charge in [0.2, 0.25) is 0 Å². The van der Waals surface area contributed by atoms with Crippen molar-refractivity contribution >= 4 is 17.9 Å². The van der Waals surface area contributed by atoms with Crippen LogP contribution in [0.1, 0.15) is 6.42 Å². The fraction of sp³-hybridized carbons (Fsp3) is 0.615. The largest absolute Gasteiger partial charge is 0.469 e. The monoisotopic (exact) mass is 268 g/mol. The van der Waals surface area contributed by atoms with Gasteiger partial charge < -0.3 is 14.2 Å². The van der Waals surface area contributed by atoms with Crippen molar-refractivity contribution in [3.8, 4) is 0 Å². The van der Waals surface area contributed by atoms with Crippen molar-refractivity contribution in [3.05, 3.63) is 11.6 Å². The zero-order valence-corrected chi connectivity index (χ0v) is 11.0. The molecule has 0 aliphatic heterocycles. The number of rotatable bonds is 3. The Bertz CT molecular complexity index is 452. The Kier molecular flexibility index (Phi) is 3.59. The quantitative estimate of drug-likeness (QED) is 0.541. The molecule has 1 saturated carbocycles. The smallest absolute Gasteiger partial charge is 0.333 e. The first-order chi connectivity index (χ1) is 9.04. The van der Waals surface area contributed by atoms with Crippen LogP contribution in [0.4, 0.5) is 0 Å². The molecule has 0 radical (unpaired) electrons. The Morgan fingerprint density at radius 3 is 2.11 bits per heavy atom. The summed E-state index contributed by atoms with van der Waals surface area (Å²) in [5.41, 5.74) is 0.461. The van der Waals surface area contributed by atoms with Gasteiger partial charge in [0.05, 0.1) is 33.2 Å². The molecule has 104 valence electrons. The van der Waals surface area contributed by atoms with Gasteiger partial charge in [0.15, 0.2) is 0 Å². The summed E-state index contributed by atoms with van der Waals surface area (Å²) in [5, 5.41) is 0. The van der Waals surface area contributed by atoms with E-state index >= 15 is 0 Å². The number of esters is 3. The summed E-state index contributed by atoms with van der Waals surface area (Å²) >= 11 is 0. The van der Waals surface area contributed by atoms with Gasteiger partial charge in [0, 0.05) is 11.5 Å². The first-order valence-corrected chi connectivity index (χ1v) is 6.00. The molecule has 2 aliphatic rings. The molecule has 19 heavy (non-hydrogen) atoms. The van der Waals surface area contributed by atoms with Gasteiger partial charge in [0.1, 0.15) is 0 Å². The third kappa shape index (κ3) is 2.01. The fourth-order valence-corrected chi connectivity index (χ4v) is 3.19. The molecule has 2 aliphatic carbocycles. The summed E-state index contributed by atoms with van der Waals surface area (Å²) in [6.07, 6.45) is 2.29. The van der Waals surface area contributed by atoms with Crippen LogP contribution in [0.5, 0.6) is 0 Å². The van der Waals surface area contributed by atoms with E-state index in [0.717, 1.165) is 0 Å². The molecule has 6 nitrogen and oxygen atoms in total. The van der Waals surface area contributed by atoms with Crippen molar-refractivity contribution in [1.29, 1.82) is 0 Å². The molecule has 2 rings (SSSR count). The van der Waals surface area contributed by atoms with Crippen molar-refractivity contribution < 1.29 is 28.6 Å². The van der Waals surface area contributed by atoms with Gasteiger partial charge in [0.25, 0.3) is 0 Å². The van der Waals surface area contributed by atoms with Crippen molar-refractivity contribution in [2.75, 3.05) is 21.3 Å². The van der Waals surface area contributed by atoms with Gasteiger partial charge in [-0.15, -0.1) is 0 Å². The first-order valence-electron chi connectivity index (χ1n) is 6.00. The van der Waals surface area contributed by atoms with Crippen LogP contribution >= 0.6 is 0 Å². The van der Waals surface area contributed by atoms with Crippen LogP contribution in [-0.4, -0.2) is 39.2 Å². The minimum atomic E-state index is -0.665. The van der Waals surface area contributed by atoms with Crippen LogP contribution in [0.15, 0.2) is 11.6 Å². The predicted octanol–water partition coefficient (Wildman–Crippen LogP) is 0.314. The molecule has 0 aromatic rings. The van der Waals surface area contributed by atoms with Crippen molar-refractivity contribution in [2.24, 2.45) is 23.7 Å². The van der Waals surface area contributed by atoms with E-state index in [1.165, 1.54) is 21.3 Å². The van der Waals surface area contributed by atoms with Crippen LogP contribution in [0.25, 0.3) is 0 Å². The minimum Gasteiger partial charge on any atom is -0.469 e. The maximum absolute atomic E-state index is 11.9. The van der Waals surface area contributed by atoms with Gasteiger partial charge in [-0.3, -0.25) is 9.59 Å². The number of carbonyl (C=O) groups is 3. The predicted molar refractivity (Wildman–Crippen MR) is 62.7 cm³/mol. The lowest BCUT2D eigenvalue weighted by Gasteiger charge is -2.26. The number of methoxy groups -OCH3 is 3. The van der Waals surface area contributed by atoms with Crippen molar-refractivity contribution in [3.63, 3.8) is 0 Å². The Hall–Kier alpha value is -1.85. The highest BCUT2D eigenvalue weighted by Gasteiger charge is 2.57. The average molecular weight is 268 g/mol. The highest BCUT2D eigenvalue weighted by Crippen LogP contribution is 2.52. The molecule has 0 aromatic carbocycles. The molecular weight excluding hydrogens is 252 g/mol.